The Morgan fingerprint density at radius 2 is 1.97 bits per heavy atom. The lowest BCUT2D eigenvalue weighted by Gasteiger charge is -2.21. The van der Waals surface area contributed by atoms with E-state index >= 15 is 0 Å². The number of benzene rings is 1. The molecule has 0 unspecified atom stereocenters. The second kappa shape index (κ2) is 8.91. The quantitative estimate of drug-likeness (QED) is 0.435. The van der Waals surface area contributed by atoms with Crippen LogP contribution in [0.5, 0.6) is 0 Å². The highest BCUT2D eigenvalue weighted by molar-refractivity contribution is 7.22. The van der Waals surface area contributed by atoms with Gasteiger partial charge in [-0.2, -0.15) is 10.5 Å². The summed E-state index contributed by atoms with van der Waals surface area (Å²) >= 11 is 1.36. The van der Waals surface area contributed by atoms with Crippen molar-refractivity contribution in [3.8, 4) is 12.1 Å². The molecule has 1 aromatic carbocycles. The van der Waals surface area contributed by atoms with E-state index in [0.29, 0.717) is 5.13 Å². The number of anilines is 3. The molecule has 11 heteroatoms. The van der Waals surface area contributed by atoms with Crippen LogP contribution in [0, 0.1) is 39.7 Å². The summed E-state index contributed by atoms with van der Waals surface area (Å²) in [7, 11) is 0. The Labute approximate surface area is 170 Å². The summed E-state index contributed by atoms with van der Waals surface area (Å²) in [5.74, 6) is 0.0737. The van der Waals surface area contributed by atoms with E-state index in [0.717, 1.165) is 15.8 Å². The Bertz CT molecular complexity index is 1110. The van der Waals surface area contributed by atoms with E-state index in [1.165, 1.54) is 17.7 Å². The van der Waals surface area contributed by atoms with E-state index in [1.807, 2.05) is 37.3 Å². The van der Waals surface area contributed by atoms with Crippen LogP contribution in [0.4, 0.5) is 22.5 Å². The van der Waals surface area contributed by atoms with E-state index in [4.69, 9.17) is 10.5 Å². The maximum Gasteiger partial charge on any atom is 0.353 e. The Kier molecular flexibility index (Phi) is 6.12. The molecular formula is C18H16N8O2S. The average molecular weight is 408 g/mol. The molecule has 3 rings (SSSR count). The number of hydrogen-bond donors (Lipinski definition) is 1. The van der Waals surface area contributed by atoms with Crippen LogP contribution in [0.1, 0.15) is 18.4 Å². The average Bonchev–Trinajstić information content (AvgIpc) is 3.09. The molecule has 0 spiro atoms. The van der Waals surface area contributed by atoms with Gasteiger partial charge in [0.05, 0.1) is 40.1 Å². The van der Waals surface area contributed by atoms with Gasteiger partial charge in [0.15, 0.2) is 5.13 Å². The van der Waals surface area contributed by atoms with Crippen LogP contribution in [0.15, 0.2) is 24.5 Å². The first-order valence-electron chi connectivity index (χ1n) is 8.66. The van der Waals surface area contributed by atoms with Crippen LogP contribution in [-0.4, -0.2) is 33.0 Å². The van der Waals surface area contributed by atoms with E-state index in [1.54, 1.807) is 4.90 Å². The Balaban J connectivity index is 1.99. The summed E-state index contributed by atoms with van der Waals surface area (Å²) in [6, 6.07) is 9.83. The highest BCUT2D eigenvalue weighted by atomic mass is 32.1. The molecule has 0 aliphatic rings. The van der Waals surface area contributed by atoms with E-state index in [2.05, 4.69) is 20.3 Å². The maximum absolute atomic E-state index is 11.8. The van der Waals surface area contributed by atoms with Gasteiger partial charge in [-0.3, -0.25) is 10.1 Å². The molecule has 0 fully saturated rings. The van der Waals surface area contributed by atoms with Gasteiger partial charge in [-0.1, -0.05) is 17.4 Å². The molecule has 3 aromatic rings. The van der Waals surface area contributed by atoms with Crippen LogP contribution in [0.25, 0.3) is 10.2 Å². The Hall–Kier alpha value is -3.83. The van der Waals surface area contributed by atoms with Crippen LogP contribution in [0.3, 0.4) is 0 Å². The van der Waals surface area contributed by atoms with Gasteiger partial charge in [0.25, 0.3) is 0 Å². The van der Waals surface area contributed by atoms with E-state index < -0.39 is 4.92 Å². The number of nitriles is 2. The number of aryl methyl sites for hydroxylation is 1. The lowest BCUT2D eigenvalue weighted by molar-refractivity contribution is -0.383. The maximum atomic E-state index is 11.8. The fraction of sp³-hybridized carbons (Fsp3) is 0.278. The minimum atomic E-state index is -0.569. The molecule has 1 N–H and O–H groups in total. The number of thiazole rings is 1. The van der Waals surface area contributed by atoms with Crippen molar-refractivity contribution in [3.63, 3.8) is 0 Å². The lowest BCUT2D eigenvalue weighted by atomic mass is 10.2. The summed E-state index contributed by atoms with van der Waals surface area (Å²) in [5, 5.41) is 33.0. The Morgan fingerprint density at radius 1 is 1.24 bits per heavy atom. The summed E-state index contributed by atoms with van der Waals surface area (Å²) in [4.78, 5) is 25.3. The number of hydrogen-bond acceptors (Lipinski definition) is 10. The second-order valence-corrected chi connectivity index (χ2v) is 7.10. The number of nitro groups is 1. The van der Waals surface area contributed by atoms with Gasteiger partial charge in [0.2, 0.25) is 11.6 Å². The van der Waals surface area contributed by atoms with Crippen LogP contribution in [0.2, 0.25) is 0 Å². The third kappa shape index (κ3) is 4.54. The van der Waals surface area contributed by atoms with Gasteiger partial charge in [-0.25, -0.2) is 15.0 Å². The lowest BCUT2D eigenvalue weighted by Crippen LogP contribution is -2.27. The molecule has 0 saturated carbocycles. The molecule has 146 valence electrons. The van der Waals surface area contributed by atoms with Crippen molar-refractivity contribution in [1.82, 2.24) is 15.0 Å². The highest BCUT2D eigenvalue weighted by Crippen LogP contribution is 2.36. The zero-order valence-electron chi connectivity index (χ0n) is 15.5. The van der Waals surface area contributed by atoms with Crippen molar-refractivity contribution in [1.29, 1.82) is 10.5 Å². The van der Waals surface area contributed by atoms with Crippen molar-refractivity contribution in [3.05, 3.63) is 40.2 Å². The molecule has 0 atom stereocenters. The van der Waals surface area contributed by atoms with Crippen molar-refractivity contribution in [2.75, 3.05) is 23.3 Å². The van der Waals surface area contributed by atoms with Gasteiger partial charge >= 0.3 is 5.69 Å². The number of aromatic nitrogens is 3. The van der Waals surface area contributed by atoms with Crippen LogP contribution < -0.4 is 10.2 Å². The largest absolute Gasteiger partial charge is 0.353 e. The van der Waals surface area contributed by atoms with Crippen molar-refractivity contribution < 1.29 is 4.92 Å². The zero-order chi connectivity index (χ0) is 20.8. The number of nitrogens with zero attached hydrogens (tertiary/aromatic N) is 7. The topological polar surface area (TPSA) is 145 Å². The molecule has 0 aliphatic heterocycles. The SMILES string of the molecule is Cc1ccc2nc(Nc3ncnc(N(CCC#N)CCC#N)c3[N+](=O)[O-])sc2c1. The zero-order valence-corrected chi connectivity index (χ0v) is 16.3. The predicted molar refractivity (Wildman–Crippen MR) is 109 cm³/mol. The Morgan fingerprint density at radius 3 is 2.62 bits per heavy atom. The summed E-state index contributed by atoms with van der Waals surface area (Å²) in [5.41, 5.74) is 1.55. The minimum Gasteiger partial charge on any atom is -0.349 e. The van der Waals surface area contributed by atoms with Gasteiger partial charge in [0, 0.05) is 13.1 Å². The van der Waals surface area contributed by atoms with Crippen LogP contribution in [-0.2, 0) is 0 Å². The smallest absolute Gasteiger partial charge is 0.349 e. The first-order valence-corrected chi connectivity index (χ1v) is 9.47. The second-order valence-electron chi connectivity index (χ2n) is 6.07. The first-order chi connectivity index (χ1) is 14.0. The third-order valence-electron chi connectivity index (χ3n) is 4.04. The molecule has 0 amide bonds. The first kappa shape index (κ1) is 19.9. The molecule has 0 radical (unpaired) electrons. The van der Waals surface area contributed by atoms with Gasteiger partial charge in [-0.15, -0.1) is 0 Å². The fourth-order valence-electron chi connectivity index (χ4n) is 2.74. The summed E-state index contributed by atoms with van der Waals surface area (Å²) in [6.07, 6.45) is 1.51. The molecular weight excluding hydrogens is 392 g/mol. The van der Waals surface area contributed by atoms with Crippen molar-refractivity contribution >= 4 is 44.0 Å². The molecule has 0 bridgehead atoms. The highest BCUT2D eigenvalue weighted by Gasteiger charge is 2.27. The molecule has 29 heavy (non-hydrogen) atoms. The molecule has 2 heterocycles. The standard InChI is InChI=1S/C18H16N8O2S/c1-12-4-5-13-14(10-12)29-18(23-13)24-16-15(26(27)28)17(22-11-21-16)25(8-2-6-19)9-3-7-20/h4-5,10-11H,2-3,8-9H2,1H3,(H,21,22,23,24). The van der Waals surface area contributed by atoms with Crippen molar-refractivity contribution in [2.24, 2.45) is 0 Å². The third-order valence-corrected chi connectivity index (χ3v) is 4.97. The normalized spacial score (nSPS) is 10.3. The minimum absolute atomic E-state index is 0.00898. The van der Waals surface area contributed by atoms with Gasteiger partial charge in [0.1, 0.15) is 6.33 Å². The molecule has 10 nitrogen and oxygen atoms in total. The monoisotopic (exact) mass is 408 g/mol. The number of fused-ring (bicyclic) bond motifs is 1. The molecule has 0 aliphatic carbocycles. The fourth-order valence-corrected chi connectivity index (χ4v) is 3.70. The number of nitrogens with one attached hydrogen (secondary N) is 1. The number of rotatable bonds is 8. The summed E-state index contributed by atoms with van der Waals surface area (Å²) < 4.78 is 0.953. The van der Waals surface area contributed by atoms with Crippen molar-refractivity contribution in [2.45, 2.75) is 19.8 Å². The molecule has 2 aromatic heterocycles. The van der Waals surface area contributed by atoms with Crippen LogP contribution >= 0.6 is 11.3 Å². The van der Waals surface area contributed by atoms with E-state index in [-0.39, 0.29) is 43.3 Å². The van der Waals surface area contributed by atoms with Gasteiger partial charge < -0.3 is 10.2 Å². The van der Waals surface area contributed by atoms with E-state index in [9.17, 15) is 10.1 Å². The predicted octanol–water partition coefficient (Wildman–Crippen LogP) is 3.68. The molecule has 0 saturated heterocycles. The van der Waals surface area contributed by atoms with Gasteiger partial charge in [-0.05, 0) is 24.6 Å². The summed E-state index contributed by atoms with van der Waals surface area (Å²) in [6.45, 7) is 2.41.